The van der Waals surface area contributed by atoms with E-state index in [0.717, 1.165) is 16.2 Å². The van der Waals surface area contributed by atoms with Gasteiger partial charge in [0, 0.05) is 4.88 Å². The second-order valence-corrected chi connectivity index (χ2v) is 7.93. The van der Waals surface area contributed by atoms with Crippen molar-refractivity contribution in [2.75, 3.05) is 37.2 Å². The molecule has 9 heteroatoms. The molecule has 2 amide bonds. The molecule has 2 aromatic rings. The Morgan fingerprint density at radius 2 is 2.00 bits per heavy atom. The summed E-state index contributed by atoms with van der Waals surface area (Å²) in [6.45, 7) is 1.92. The molecule has 7 nitrogen and oxygen atoms in total. The third-order valence-electron chi connectivity index (χ3n) is 4.00. The van der Waals surface area contributed by atoms with Gasteiger partial charge in [0.2, 0.25) is 11.8 Å². The van der Waals surface area contributed by atoms with E-state index in [-0.39, 0.29) is 25.0 Å². The molecule has 28 heavy (non-hydrogen) atoms. The van der Waals surface area contributed by atoms with E-state index < -0.39 is 5.97 Å². The second kappa shape index (κ2) is 9.11. The topological polar surface area (TPSA) is 84.9 Å². The van der Waals surface area contributed by atoms with Crippen molar-refractivity contribution in [3.05, 3.63) is 35.2 Å². The minimum absolute atomic E-state index is 0.0399. The zero-order chi connectivity index (χ0) is 20.1. The van der Waals surface area contributed by atoms with E-state index in [9.17, 15) is 14.4 Å². The predicted molar refractivity (Wildman–Crippen MR) is 110 cm³/mol. The van der Waals surface area contributed by atoms with Gasteiger partial charge in [0.1, 0.15) is 17.2 Å². The second-order valence-electron chi connectivity index (χ2n) is 5.92. The van der Waals surface area contributed by atoms with Crippen molar-refractivity contribution in [3.63, 3.8) is 0 Å². The fourth-order valence-electron chi connectivity index (χ4n) is 2.63. The maximum atomic E-state index is 12.4. The molecule has 0 spiro atoms. The van der Waals surface area contributed by atoms with Crippen molar-refractivity contribution in [1.82, 2.24) is 4.90 Å². The number of hydrogen-bond donors (Lipinski definition) is 1. The van der Waals surface area contributed by atoms with E-state index in [1.54, 1.807) is 20.1 Å². The number of amides is 2. The van der Waals surface area contributed by atoms with Crippen LogP contribution in [-0.4, -0.2) is 54.6 Å². The van der Waals surface area contributed by atoms with E-state index in [4.69, 9.17) is 9.47 Å². The van der Waals surface area contributed by atoms with Crippen LogP contribution in [0.3, 0.4) is 0 Å². The molecule has 1 fully saturated rings. The monoisotopic (exact) mass is 420 g/mol. The molecular formula is C19H20N2O5S2. The Morgan fingerprint density at radius 3 is 2.61 bits per heavy atom. The molecule has 0 radical (unpaired) electrons. The molecule has 0 bridgehead atoms. The lowest BCUT2D eigenvalue weighted by molar-refractivity contribution is -0.130. The maximum Gasteiger partial charge on any atom is 0.350 e. The molecule has 1 saturated heterocycles. The Morgan fingerprint density at radius 1 is 1.25 bits per heavy atom. The third kappa shape index (κ3) is 4.66. The number of benzene rings is 1. The number of ether oxygens (including phenoxy) is 2. The standard InChI is InChI=1S/C19H20N2O5S2/c1-3-26-19(24)18-14(20-16(22)9-21-11-27-10-17(21)23)8-15(28-18)12-4-6-13(25-2)7-5-12/h4-8H,3,9-11H2,1-2H3,(H,20,22). The Balaban J connectivity index is 1.82. The van der Waals surface area contributed by atoms with Crippen LogP contribution >= 0.6 is 23.1 Å². The van der Waals surface area contributed by atoms with Crippen LogP contribution in [0, 0.1) is 0 Å². The van der Waals surface area contributed by atoms with Gasteiger partial charge in [0.15, 0.2) is 0 Å². The molecule has 0 unspecified atom stereocenters. The molecule has 148 valence electrons. The first-order valence-electron chi connectivity index (χ1n) is 8.62. The van der Waals surface area contributed by atoms with Crippen LogP contribution in [-0.2, 0) is 14.3 Å². The van der Waals surface area contributed by atoms with Gasteiger partial charge < -0.3 is 19.7 Å². The van der Waals surface area contributed by atoms with Crippen LogP contribution in [0.5, 0.6) is 5.75 Å². The van der Waals surface area contributed by atoms with E-state index in [2.05, 4.69) is 5.32 Å². The number of rotatable bonds is 7. The van der Waals surface area contributed by atoms with Crippen molar-refractivity contribution in [2.45, 2.75) is 6.92 Å². The number of thioether (sulfide) groups is 1. The molecular weight excluding hydrogens is 400 g/mol. The summed E-state index contributed by atoms with van der Waals surface area (Å²) in [4.78, 5) is 39.1. The van der Waals surface area contributed by atoms with E-state index >= 15 is 0 Å². The van der Waals surface area contributed by atoms with E-state index in [1.807, 2.05) is 24.3 Å². The quantitative estimate of drug-likeness (QED) is 0.693. The van der Waals surface area contributed by atoms with Crippen molar-refractivity contribution in [3.8, 4) is 16.2 Å². The lowest BCUT2D eigenvalue weighted by Crippen LogP contribution is -2.34. The van der Waals surface area contributed by atoms with Gasteiger partial charge in [-0.15, -0.1) is 23.1 Å². The summed E-state index contributed by atoms with van der Waals surface area (Å²) >= 11 is 2.72. The summed E-state index contributed by atoms with van der Waals surface area (Å²) in [6, 6.07) is 9.16. The zero-order valence-electron chi connectivity index (χ0n) is 15.5. The summed E-state index contributed by atoms with van der Waals surface area (Å²) in [5.41, 5.74) is 1.28. The Kier molecular flexibility index (Phi) is 6.58. The molecule has 0 atom stereocenters. The van der Waals surface area contributed by atoms with Gasteiger partial charge in [-0.05, 0) is 42.8 Å². The highest BCUT2D eigenvalue weighted by Crippen LogP contribution is 2.36. The predicted octanol–water partition coefficient (Wildman–Crippen LogP) is 3.07. The summed E-state index contributed by atoms with van der Waals surface area (Å²) in [5, 5.41) is 2.75. The number of thiophene rings is 1. The molecule has 1 aliphatic rings. The molecule has 0 saturated carbocycles. The Hall–Kier alpha value is -2.52. The van der Waals surface area contributed by atoms with Crippen molar-refractivity contribution >= 4 is 46.6 Å². The molecule has 0 aliphatic carbocycles. The summed E-state index contributed by atoms with van der Waals surface area (Å²) in [5.74, 6) is 0.720. The number of esters is 1. The average Bonchev–Trinajstić information content (AvgIpc) is 3.28. The minimum atomic E-state index is -0.490. The van der Waals surface area contributed by atoms with Crippen LogP contribution in [0.2, 0.25) is 0 Å². The average molecular weight is 421 g/mol. The molecule has 2 heterocycles. The van der Waals surface area contributed by atoms with Crippen LogP contribution in [0.1, 0.15) is 16.6 Å². The number of anilines is 1. The van der Waals surface area contributed by atoms with Crippen molar-refractivity contribution < 1.29 is 23.9 Å². The number of nitrogens with zero attached hydrogens (tertiary/aromatic N) is 1. The molecule has 3 rings (SSSR count). The SMILES string of the molecule is CCOC(=O)c1sc(-c2ccc(OC)cc2)cc1NC(=O)CN1CSCC1=O. The van der Waals surface area contributed by atoms with Gasteiger partial charge in [0.25, 0.3) is 0 Å². The first-order chi connectivity index (χ1) is 13.5. The van der Waals surface area contributed by atoms with Crippen molar-refractivity contribution in [1.29, 1.82) is 0 Å². The van der Waals surface area contributed by atoms with Crippen LogP contribution in [0.15, 0.2) is 30.3 Å². The van der Waals surface area contributed by atoms with Gasteiger partial charge >= 0.3 is 5.97 Å². The van der Waals surface area contributed by atoms with Crippen LogP contribution in [0.4, 0.5) is 5.69 Å². The zero-order valence-corrected chi connectivity index (χ0v) is 17.2. The van der Waals surface area contributed by atoms with Crippen LogP contribution < -0.4 is 10.1 Å². The maximum absolute atomic E-state index is 12.4. The van der Waals surface area contributed by atoms with E-state index in [1.165, 1.54) is 28.0 Å². The summed E-state index contributed by atoms with van der Waals surface area (Å²) in [7, 11) is 1.59. The Labute approximate surface area is 171 Å². The third-order valence-corrected chi connectivity index (χ3v) is 6.11. The fourth-order valence-corrected chi connectivity index (χ4v) is 4.55. The minimum Gasteiger partial charge on any atom is -0.497 e. The van der Waals surface area contributed by atoms with Gasteiger partial charge in [-0.2, -0.15) is 0 Å². The fraction of sp³-hybridized carbons (Fsp3) is 0.316. The van der Waals surface area contributed by atoms with Crippen LogP contribution in [0.25, 0.3) is 10.4 Å². The van der Waals surface area contributed by atoms with Gasteiger partial charge in [-0.25, -0.2) is 4.79 Å². The van der Waals surface area contributed by atoms with Crippen molar-refractivity contribution in [2.24, 2.45) is 0 Å². The molecule has 1 aromatic heterocycles. The number of carbonyl (C=O) groups excluding carboxylic acids is 3. The number of methoxy groups -OCH3 is 1. The van der Waals surface area contributed by atoms with Gasteiger partial charge in [0.05, 0.1) is 31.0 Å². The Bertz CT molecular complexity index is 879. The normalized spacial score (nSPS) is 13.5. The molecule has 1 aromatic carbocycles. The number of hydrogen-bond acceptors (Lipinski definition) is 7. The lowest BCUT2D eigenvalue weighted by atomic mass is 10.2. The smallest absolute Gasteiger partial charge is 0.350 e. The van der Waals surface area contributed by atoms with Gasteiger partial charge in [-0.3, -0.25) is 9.59 Å². The van der Waals surface area contributed by atoms with Gasteiger partial charge in [-0.1, -0.05) is 0 Å². The highest BCUT2D eigenvalue weighted by Gasteiger charge is 2.25. The number of nitrogens with one attached hydrogen (secondary N) is 1. The molecule has 1 N–H and O–H groups in total. The first kappa shape index (κ1) is 20.2. The van der Waals surface area contributed by atoms with E-state index in [0.29, 0.717) is 22.2 Å². The highest BCUT2D eigenvalue weighted by atomic mass is 32.2. The number of carbonyl (C=O) groups is 3. The largest absolute Gasteiger partial charge is 0.497 e. The summed E-state index contributed by atoms with van der Waals surface area (Å²) < 4.78 is 10.3. The summed E-state index contributed by atoms with van der Waals surface area (Å²) in [6.07, 6.45) is 0. The lowest BCUT2D eigenvalue weighted by Gasteiger charge is -2.14. The molecule has 1 aliphatic heterocycles. The highest BCUT2D eigenvalue weighted by molar-refractivity contribution is 8.00. The first-order valence-corrected chi connectivity index (χ1v) is 10.6.